The first-order chi connectivity index (χ1) is 15.2. The van der Waals surface area contributed by atoms with E-state index in [0.29, 0.717) is 6.61 Å². The van der Waals surface area contributed by atoms with Gasteiger partial charge in [-0.25, -0.2) is 0 Å². The highest BCUT2D eigenvalue weighted by molar-refractivity contribution is 5.73. The number of hydrogen-bond acceptors (Lipinski definition) is 5. The summed E-state index contributed by atoms with van der Waals surface area (Å²) in [6, 6.07) is 19.6. The third-order valence-corrected chi connectivity index (χ3v) is 6.56. The first-order valence-corrected chi connectivity index (χ1v) is 11.7. The molecule has 0 unspecified atom stereocenters. The van der Waals surface area contributed by atoms with Gasteiger partial charge in [-0.1, -0.05) is 48.5 Å². The van der Waals surface area contributed by atoms with Crippen molar-refractivity contribution in [2.45, 2.75) is 32.9 Å². The van der Waals surface area contributed by atoms with Crippen LogP contribution < -0.4 is 4.90 Å². The van der Waals surface area contributed by atoms with E-state index in [1.54, 1.807) is 0 Å². The maximum atomic E-state index is 12.1. The highest BCUT2D eigenvalue weighted by Gasteiger charge is 2.27. The van der Waals surface area contributed by atoms with Gasteiger partial charge < -0.3 is 9.64 Å². The van der Waals surface area contributed by atoms with Crippen LogP contribution in [0.2, 0.25) is 0 Å². The fraction of sp³-hybridized carbons (Fsp3) is 0.500. The zero-order valence-electron chi connectivity index (χ0n) is 18.7. The highest BCUT2D eigenvalue weighted by atomic mass is 16.5. The summed E-state index contributed by atoms with van der Waals surface area (Å²) in [5.41, 5.74) is 4.12. The highest BCUT2D eigenvalue weighted by Crippen LogP contribution is 2.28. The minimum atomic E-state index is -0.0243. The summed E-state index contributed by atoms with van der Waals surface area (Å²) < 4.78 is 5.22. The topological polar surface area (TPSA) is 36.0 Å². The number of piperidine rings is 1. The van der Waals surface area contributed by atoms with Crippen LogP contribution in [-0.2, 0) is 22.6 Å². The number of para-hydroxylation sites is 1. The Labute approximate surface area is 186 Å². The van der Waals surface area contributed by atoms with Crippen LogP contribution in [0.15, 0.2) is 54.6 Å². The van der Waals surface area contributed by atoms with Crippen molar-refractivity contribution in [1.82, 2.24) is 9.80 Å². The lowest BCUT2D eigenvalue weighted by Gasteiger charge is -2.37. The number of benzene rings is 2. The smallest absolute Gasteiger partial charge is 0.309 e. The van der Waals surface area contributed by atoms with Crippen molar-refractivity contribution in [2.24, 2.45) is 5.92 Å². The first-order valence-electron chi connectivity index (χ1n) is 11.7. The van der Waals surface area contributed by atoms with Gasteiger partial charge in [-0.2, -0.15) is 0 Å². The molecule has 2 aliphatic rings. The lowest BCUT2D eigenvalue weighted by molar-refractivity contribution is -0.148. The maximum absolute atomic E-state index is 12.1. The Kier molecular flexibility index (Phi) is 7.60. The zero-order chi connectivity index (χ0) is 21.5. The van der Waals surface area contributed by atoms with E-state index in [1.165, 1.54) is 16.8 Å². The predicted octanol–water partition coefficient (Wildman–Crippen LogP) is 3.78. The molecule has 2 saturated heterocycles. The molecule has 0 saturated carbocycles. The number of nitrogens with zero attached hydrogens (tertiary/aromatic N) is 3. The molecular formula is C26H35N3O2. The third-order valence-electron chi connectivity index (χ3n) is 6.56. The second-order valence-corrected chi connectivity index (χ2v) is 8.68. The van der Waals surface area contributed by atoms with Crippen LogP contribution in [-0.4, -0.2) is 61.6 Å². The van der Waals surface area contributed by atoms with Gasteiger partial charge in [-0.05, 0) is 37.0 Å². The number of hydrogen-bond donors (Lipinski definition) is 0. The monoisotopic (exact) mass is 421 g/mol. The second-order valence-electron chi connectivity index (χ2n) is 8.68. The lowest BCUT2D eigenvalue weighted by Crippen LogP contribution is -2.45. The van der Waals surface area contributed by atoms with E-state index < -0.39 is 0 Å². The van der Waals surface area contributed by atoms with Gasteiger partial charge in [0.1, 0.15) is 0 Å². The molecule has 0 amide bonds. The van der Waals surface area contributed by atoms with Crippen LogP contribution in [0, 0.1) is 5.92 Å². The quantitative estimate of drug-likeness (QED) is 0.636. The third kappa shape index (κ3) is 5.86. The summed E-state index contributed by atoms with van der Waals surface area (Å²) in [5, 5.41) is 0. The van der Waals surface area contributed by atoms with Crippen LogP contribution in [0.3, 0.4) is 0 Å². The Hall–Kier alpha value is -2.37. The number of esters is 1. The molecule has 0 bridgehead atoms. The summed E-state index contributed by atoms with van der Waals surface area (Å²) in [6.45, 7) is 10.7. The van der Waals surface area contributed by atoms with Gasteiger partial charge in [0.15, 0.2) is 0 Å². The van der Waals surface area contributed by atoms with Gasteiger partial charge in [-0.15, -0.1) is 0 Å². The molecule has 0 aromatic heterocycles. The molecule has 2 aromatic rings. The van der Waals surface area contributed by atoms with E-state index in [4.69, 9.17) is 4.74 Å². The van der Waals surface area contributed by atoms with E-state index >= 15 is 0 Å². The predicted molar refractivity (Wildman–Crippen MR) is 125 cm³/mol. The molecule has 0 atom stereocenters. The fourth-order valence-electron chi connectivity index (χ4n) is 4.76. The molecule has 0 radical (unpaired) electrons. The van der Waals surface area contributed by atoms with Crippen LogP contribution in [0.1, 0.15) is 30.9 Å². The fourth-order valence-corrected chi connectivity index (χ4v) is 4.76. The molecule has 5 heteroatoms. The molecule has 2 heterocycles. The minimum Gasteiger partial charge on any atom is -0.466 e. The number of anilines is 1. The molecular weight excluding hydrogens is 386 g/mol. The molecule has 0 spiro atoms. The van der Waals surface area contributed by atoms with Crippen molar-refractivity contribution in [1.29, 1.82) is 0 Å². The van der Waals surface area contributed by atoms with E-state index in [-0.39, 0.29) is 11.9 Å². The first kappa shape index (κ1) is 21.8. The summed E-state index contributed by atoms with van der Waals surface area (Å²) in [4.78, 5) is 19.6. The molecule has 0 N–H and O–H groups in total. The maximum Gasteiger partial charge on any atom is 0.309 e. The number of rotatable bonds is 7. The zero-order valence-corrected chi connectivity index (χ0v) is 18.7. The van der Waals surface area contributed by atoms with Gasteiger partial charge in [0.05, 0.1) is 12.5 Å². The lowest BCUT2D eigenvalue weighted by atomic mass is 9.96. The van der Waals surface area contributed by atoms with Gasteiger partial charge in [0, 0.05) is 58.0 Å². The van der Waals surface area contributed by atoms with E-state index in [1.807, 2.05) is 6.92 Å². The van der Waals surface area contributed by atoms with Crippen LogP contribution in [0.4, 0.5) is 5.69 Å². The minimum absolute atomic E-state index is 0.0243. The van der Waals surface area contributed by atoms with Crippen molar-refractivity contribution < 1.29 is 9.53 Å². The summed E-state index contributed by atoms with van der Waals surface area (Å²) in [7, 11) is 0. The summed E-state index contributed by atoms with van der Waals surface area (Å²) in [6.07, 6.45) is 1.76. The molecule has 4 rings (SSSR count). The number of ether oxygens (including phenoxy) is 1. The number of piperazine rings is 1. The average molecular weight is 422 g/mol. The Morgan fingerprint density at radius 1 is 0.839 bits per heavy atom. The molecule has 2 aromatic carbocycles. The number of carbonyl (C=O) groups excluding carboxylic acids is 1. The van der Waals surface area contributed by atoms with E-state index in [2.05, 4.69) is 69.3 Å². The van der Waals surface area contributed by atoms with E-state index in [0.717, 1.165) is 65.2 Å². The molecule has 31 heavy (non-hydrogen) atoms. The average Bonchev–Trinajstić information content (AvgIpc) is 2.82. The van der Waals surface area contributed by atoms with Gasteiger partial charge in [-0.3, -0.25) is 14.6 Å². The Morgan fingerprint density at radius 2 is 1.45 bits per heavy atom. The van der Waals surface area contributed by atoms with Crippen LogP contribution >= 0.6 is 0 Å². The Morgan fingerprint density at radius 3 is 2.13 bits per heavy atom. The molecule has 2 aliphatic heterocycles. The van der Waals surface area contributed by atoms with Gasteiger partial charge in [0.25, 0.3) is 0 Å². The molecule has 5 nitrogen and oxygen atoms in total. The van der Waals surface area contributed by atoms with Crippen molar-refractivity contribution in [3.05, 3.63) is 65.7 Å². The molecule has 2 fully saturated rings. The second kappa shape index (κ2) is 10.8. The van der Waals surface area contributed by atoms with Crippen molar-refractivity contribution in [3.8, 4) is 0 Å². The SMILES string of the molecule is CCOC(=O)C1CCN(c2ccccc2CN2CCN(Cc3ccccc3)CC2)CC1. The van der Waals surface area contributed by atoms with Gasteiger partial charge >= 0.3 is 5.97 Å². The summed E-state index contributed by atoms with van der Waals surface area (Å²) in [5.74, 6) is 0.0323. The van der Waals surface area contributed by atoms with Crippen molar-refractivity contribution >= 4 is 11.7 Å². The van der Waals surface area contributed by atoms with Gasteiger partial charge in [0.2, 0.25) is 0 Å². The summed E-state index contributed by atoms with van der Waals surface area (Å²) >= 11 is 0. The van der Waals surface area contributed by atoms with Crippen LogP contribution in [0.5, 0.6) is 0 Å². The standard InChI is InChI=1S/C26H35N3O2/c1-2-31-26(30)23-12-14-29(15-13-23)25-11-7-6-10-24(25)21-28-18-16-27(17-19-28)20-22-8-4-3-5-9-22/h3-11,23H,2,12-21H2,1H3. The normalized spacial score (nSPS) is 18.8. The van der Waals surface area contributed by atoms with Crippen molar-refractivity contribution in [3.63, 3.8) is 0 Å². The largest absolute Gasteiger partial charge is 0.466 e. The Bertz CT molecular complexity index is 826. The molecule has 0 aliphatic carbocycles. The Balaban J connectivity index is 1.30. The van der Waals surface area contributed by atoms with Crippen LogP contribution in [0.25, 0.3) is 0 Å². The number of carbonyl (C=O) groups is 1. The van der Waals surface area contributed by atoms with Crippen molar-refractivity contribution in [2.75, 3.05) is 50.8 Å². The van der Waals surface area contributed by atoms with E-state index in [9.17, 15) is 4.79 Å². The molecule has 166 valence electrons.